The zero-order valence-corrected chi connectivity index (χ0v) is 10.4. The summed E-state index contributed by atoms with van der Waals surface area (Å²) >= 11 is 1.75. The van der Waals surface area contributed by atoms with E-state index in [2.05, 4.69) is 17.1 Å². The number of nitrogens with two attached hydrogens (primary N) is 1. The summed E-state index contributed by atoms with van der Waals surface area (Å²) in [5.74, 6) is 0.993. The van der Waals surface area contributed by atoms with Gasteiger partial charge in [0.15, 0.2) is 0 Å². The average molecular weight is 244 g/mol. The third-order valence-electron chi connectivity index (χ3n) is 2.54. The lowest BCUT2D eigenvalue weighted by molar-refractivity contribution is 0.705. The van der Waals surface area contributed by atoms with Crippen molar-refractivity contribution in [3.8, 4) is 0 Å². The molecule has 2 rings (SSSR count). The Bertz CT molecular complexity index is 430. The van der Waals surface area contributed by atoms with Gasteiger partial charge in [0.2, 0.25) is 0 Å². The molecule has 0 amide bonds. The second-order valence-electron chi connectivity index (χ2n) is 3.82. The van der Waals surface area contributed by atoms with E-state index >= 15 is 0 Å². The lowest BCUT2D eigenvalue weighted by Gasteiger charge is -2.11. The standard InChI is InChI=1S/C14H16N2S/c15-13(12-6-2-1-3-7-12)9-11-17-14-8-4-5-10-16-14/h1-8,10,13H,9,11,15H2/t13-/m0/s1. The van der Waals surface area contributed by atoms with E-state index in [0.29, 0.717) is 0 Å². The molecule has 1 heterocycles. The van der Waals surface area contributed by atoms with Gasteiger partial charge in [-0.3, -0.25) is 0 Å². The fourth-order valence-electron chi connectivity index (χ4n) is 1.59. The largest absolute Gasteiger partial charge is 0.324 e. The van der Waals surface area contributed by atoms with Gasteiger partial charge in [-0.2, -0.15) is 0 Å². The van der Waals surface area contributed by atoms with E-state index in [1.54, 1.807) is 11.8 Å². The van der Waals surface area contributed by atoms with Gasteiger partial charge in [0.05, 0.1) is 5.03 Å². The number of nitrogens with zero attached hydrogens (tertiary/aromatic N) is 1. The minimum atomic E-state index is 0.118. The van der Waals surface area contributed by atoms with Gasteiger partial charge in [0.25, 0.3) is 0 Å². The molecule has 0 aliphatic carbocycles. The zero-order valence-electron chi connectivity index (χ0n) is 9.62. The fraction of sp³-hybridized carbons (Fsp3) is 0.214. The van der Waals surface area contributed by atoms with Crippen LogP contribution >= 0.6 is 11.8 Å². The highest BCUT2D eigenvalue weighted by molar-refractivity contribution is 7.99. The van der Waals surface area contributed by atoms with Crippen molar-refractivity contribution in [2.75, 3.05) is 5.75 Å². The predicted octanol–water partition coefficient (Wildman–Crippen LogP) is 3.26. The van der Waals surface area contributed by atoms with Crippen LogP contribution in [0.15, 0.2) is 59.8 Å². The summed E-state index contributed by atoms with van der Waals surface area (Å²) < 4.78 is 0. The van der Waals surface area contributed by atoms with Gasteiger partial charge in [-0.05, 0) is 24.1 Å². The number of pyridine rings is 1. The molecule has 17 heavy (non-hydrogen) atoms. The van der Waals surface area contributed by atoms with Crippen LogP contribution in [0.2, 0.25) is 0 Å². The summed E-state index contributed by atoms with van der Waals surface area (Å²) in [5.41, 5.74) is 7.33. The molecule has 0 spiro atoms. The summed E-state index contributed by atoms with van der Waals surface area (Å²) in [6.07, 6.45) is 2.78. The van der Waals surface area contributed by atoms with Crippen molar-refractivity contribution < 1.29 is 0 Å². The van der Waals surface area contributed by atoms with Crippen LogP contribution in [0.1, 0.15) is 18.0 Å². The first-order valence-corrected chi connectivity index (χ1v) is 6.69. The molecule has 0 saturated carbocycles. The first kappa shape index (κ1) is 12.1. The van der Waals surface area contributed by atoms with Crippen LogP contribution in [0, 0.1) is 0 Å². The topological polar surface area (TPSA) is 38.9 Å². The highest BCUT2D eigenvalue weighted by Gasteiger charge is 2.05. The van der Waals surface area contributed by atoms with E-state index in [4.69, 9.17) is 5.73 Å². The molecule has 1 aromatic heterocycles. The van der Waals surface area contributed by atoms with Gasteiger partial charge in [-0.1, -0.05) is 36.4 Å². The van der Waals surface area contributed by atoms with Crippen LogP contribution in [0.3, 0.4) is 0 Å². The second kappa shape index (κ2) is 6.42. The molecule has 2 aromatic rings. The minimum Gasteiger partial charge on any atom is -0.324 e. The van der Waals surface area contributed by atoms with Crippen molar-refractivity contribution in [1.29, 1.82) is 0 Å². The van der Waals surface area contributed by atoms with Crippen LogP contribution in [0.25, 0.3) is 0 Å². The number of hydrogen-bond donors (Lipinski definition) is 1. The number of aromatic nitrogens is 1. The van der Waals surface area contributed by atoms with Crippen molar-refractivity contribution in [3.05, 3.63) is 60.3 Å². The van der Waals surface area contributed by atoms with E-state index in [9.17, 15) is 0 Å². The van der Waals surface area contributed by atoms with E-state index in [1.165, 1.54) is 5.56 Å². The Morgan fingerprint density at radius 1 is 1.06 bits per heavy atom. The summed E-state index contributed by atoms with van der Waals surface area (Å²) in [5, 5.41) is 1.06. The van der Waals surface area contributed by atoms with Gasteiger partial charge in [0, 0.05) is 18.0 Å². The zero-order chi connectivity index (χ0) is 11.9. The van der Waals surface area contributed by atoms with Crippen molar-refractivity contribution in [2.24, 2.45) is 5.73 Å². The van der Waals surface area contributed by atoms with E-state index < -0.39 is 0 Å². The van der Waals surface area contributed by atoms with E-state index in [1.807, 2.05) is 42.6 Å². The molecule has 0 unspecified atom stereocenters. The smallest absolute Gasteiger partial charge is 0.0959 e. The van der Waals surface area contributed by atoms with Gasteiger partial charge >= 0.3 is 0 Å². The summed E-state index contributed by atoms with van der Waals surface area (Å²) in [7, 11) is 0. The Kier molecular flexibility index (Phi) is 4.59. The van der Waals surface area contributed by atoms with Crippen LogP contribution in [0.5, 0.6) is 0 Å². The average Bonchev–Trinajstić information content (AvgIpc) is 2.41. The molecule has 3 heteroatoms. The molecule has 0 aliphatic rings. The van der Waals surface area contributed by atoms with Crippen molar-refractivity contribution in [2.45, 2.75) is 17.5 Å². The van der Waals surface area contributed by atoms with E-state index in [0.717, 1.165) is 17.2 Å². The Morgan fingerprint density at radius 2 is 1.82 bits per heavy atom. The van der Waals surface area contributed by atoms with Crippen molar-refractivity contribution in [3.63, 3.8) is 0 Å². The van der Waals surface area contributed by atoms with Gasteiger partial charge < -0.3 is 5.73 Å². The minimum absolute atomic E-state index is 0.118. The second-order valence-corrected chi connectivity index (χ2v) is 4.94. The van der Waals surface area contributed by atoms with Gasteiger partial charge in [0.1, 0.15) is 0 Å². The number of benzene rings is 1. The van der Waals surface area contributed by atoms with Crippen molar-refractivity contribution in [1.82, 2.24) is 4.98 Å². The predicted molar refractivity (Wildman–Crippen MR) is 72.9 cm³/mol. The third kappa shape index (κ3) is 3.88. The molecule has 1 aromatic carbocycles. The highest BCUT2D eigenvalue weighted by Crippen LogP contribution is 2.20. The van der Waals surface area contributed by atoms with Crippen LogP contribution in [0.4, 0.5) is 0 Å². The summed E-state index contributed by atoms with van der Waals surface area (Å²) in [6, 6.07) is 16.3. The first-order valence-electron chi connectivity index (χ1n) is 5.70. The number of hydrogen-bond acceptors (Lipinski definition) is 3. The molecule has 0 bridgehead atoms. The molecular formula is C14H16N2S. The molecule has 0 radical (unpaired) electrons. The molecule has 0 fully saturated rings. The van der Waals surface area contributed by atoms with Crippen molar-refractivity contribution >= 4 is 11.8 Å². The van der Waals surface area contributed by atoms with E-state index in [-0.39, 0.29) is 6.04 Å². The van der Waals surface area contributed by atoms with Gasteiger partial charge in [-0.15, -0.1) is 11.8 Å². The Labute approximate surface area is 106 Å². The Morgan fingerprint density at radius 3 is 2.53 bits per heavy atom. The number of rotatable bonds is 5. The fourth-order valence-corrected chi connectivity index (χ4v) is 2.48. The van der Waals surface area contributed by atoms with Gasteiger partial charge in [-0.25, -0.2) is 4.98 Å². The molecule has 88 valence electrons. The Hall–Kier alpha value is -1.32. The highest BCUT2D eigenvalue weighted by atomic mass is 32.2. The third-order valence-corrected chi connectivity index (χ3v) is 3.52. The summed E-state index contributed by atoms with van der Waals surface area (Å²) in [6.45, 7) is 0. The normalized spacial score (nSPS) is 12.3. The molecule has 0 saturated heterocycles. The molecule has 0 aliphatic heterocycles. The first-order chi connectivity index (χ1) is 8.36. The Balaban J connectivity index is 1.79. The quantitative estimate of drug-likeness (QED) is 0.820. The molecule has 2 N–H and O–H groups in total. The van der Waals surface area contributed by atoms with Crippen LogP contribution in [-0.2, 0) is 0 Å². The van der Waals surface area contributed by atoms with Crippen LogP contribution in [-0.4, -0.2) is 10.7 Å². The molecule has 1 atom stereocenters. The lowest BCUT2D eigenvalue weighted by Crippen LogP contribution is -2.10. The maximum absolute atomic E-state index is 6.13. The maximum Gasteiger partial charge on any atom is 0.0959 e. The lowest BCUT2D eigenvalue weighted by atomic mass is 10.1. The van der Waals surface area contributed by atoms with Crippen LogP contribution < -0.4 is 5.73 Å². The molecular weight excluding hydrogens is 228 g/mol. The monoisotopic (exact) mass is 244 g/mol. The number of thioether (sulfide) groups is 1. The molecule has 2 nitrogen and oxygen atoms in total. The SMILES string of the molecule is N[C@@H](CCSc1ccccn1)c1ccccc1. The maximum atomic E-state index is 6.13. The summed E-state index contributed by atoms with van der Waals surface area (Å²) in [4.78, 5) is 4.27.